The van der Waals surface area contributed by atoms with Crippen molar-refractivity contribution < 1.29 is 0 Å². The molecular weight excluding hydrogens is 507 g/mol. The fourth-order valence-corrected chi connectivity index (χ4v) is 3.80. The molecule has 0 radical (unpaired) electrons. The Morgan fingerprint density at radius 3 is 2.50 bits per heavy atom. The normalized spacial score (nSPS) is 17.7. The van der Waals surface area contributed by atoms with Crippen LogP contribution in [0.15, 0.2) is 21.7 Å². The smallest absolute Gasteiger partial charge is 0.193 e. The van der Waals surface area contributed by atoms with Crippen LogP contribution in [0.3, 0.4) is 0 Å². The minimum absolute atomic E-state index is 0. The molecule has 0 aliphatic carbocycles. The topological polar surface area (TPSA) is 39.0 Å². The number of guanidine groups is 1. The predicted molar refractivity (Wildman–Crippen MR) is 124 cm³/mol. The molecule has 26 heavy (non-hydrogen) atoms. The van der Waals surface area contributed by atoms with Crippen molar-refractivity contribution >= 4 is 45.9 Å². The van der Waals surface area contributed by atoms with E-state index in [9.17, 15) is 0 Å². The zero-order valence-corrected chi connectivity index (χ0v) is 20.6. The van der Waals surface area contributed by atoms with Gasteiger partial charge in [-0.2, -0.15) is 0 Å². The molecule has 1 unspecified atom stereocenters. The molecule has 1 atom stereocenters. The number of nitrogens with zero attached hydrogens (tertiary/aromatic N) is 5. The van der Waals surface area contributed by atoms with Crippen molar-refractivity contribution in [2.45, 2.75) is 13.5 Å². The lowest BCUT2D eigenvalue weighted by Gasteiger charge is -2.34. The van der Waals surface area contributed by atoms with E-state index < -0.39 is 0 Å². The Balaban J connectivity index is 0.00000338. The molecule has 1 N–H and O–H groups in total. The number of hydrogen-bond donors (Lipinski definition) is 1. The highest BCUT2D eigenvalue weighted by atomic mass is 127. The average molecular weight is 541 g/mol. The Labute approximate surface area is 184 Å². The van der Waals surface area contributed by atoms with Crippen LogP contribution in [0.25, 0.3) is 0 Å². The molecule has 0 bridgehead atoms. The summed E-state index contributed by atoms with van der Waals surface area (Å²) < 4.78 is 3.26. The number of aryl methyl sites for hydroxylation is 1. The summed E-state index contributed by atoms with van der Waals surface area (Å²) in [6.07, 6.45) is 2.08. The number of aliphatic imine (C=N–C) groups is 1. The van der Waals surface area contributed by atoms with E-state index in [1.807, 2.05) is 7.05 Å². The van der Waals surface area contributed by atoms with E-state index in [2.05, 4.69) is 85.8 Å². The van der Waals surface area contributed by atoms with Crippen LogP contribution in [-0.2, 0) is 13.6 Å². The molecule has 0 spiro atoms. The number of nitrogens with one attached hydrogen (secondary N) is 1. The van der Waals surface area contributed by atoms with Gasteiger partial charge in [0.15, 0.2) is 5.96 Å². The Bertz CT molecular complexity index is 568. The molecule has 0 saturated carbocycles. The quantitative estimate of drug-likeness (QED) is 0.341. The van der Waals surface area contributed by atoms with Crippen LogP contribution in [0.1, 0.15) is 12.6 Å². The van der Waals surface area contributed by atoms with Crippen molar-refractivity contribution in [3.63, 3.8) is 0 Å². The molecule has 0 amide bonds. The highest BCUT2D eigenvalue weighted by Gasteiger charge is 2.17. The van der Waals surface area contributed by atoms with Gasteiger partial charge in [-0.15, -0.1) is 24.0 Å². The SMILES string of the molecule is CN=C(NCC(C)CN1CCN(C)CC1)N(C)Cc1cc(Br)cn1C.I. The Hall–Kier alpha value is -0.320. The minimum atomic E-state index is 0. The summed E-state index contributed by atoms with van der Waals surface area (Å²) in [5, 5.41) is 3.53. The Kier molecular flexibility index (Phi) is 10.5. The number of halogens is 2. The summed E-state index contributed by atoms with van der Waals surface area (Å²) in [6.45, 7) is 9.94. The van der Waals surface area contributed by atoms with Gasteiger partial charge >= 0.3 is 0 Å². The first-order valence-electron chi connectivity index (χ1n) is 9.02. The van der Waals surface area contributed by atoms with E-state index in [-0.39, 0.29) is 24.0 Å². The molecule has 1 fully saturated rings. The van der Waals surface area contributed by atoms with Gasteiger partial charge in [0.2, 0.25) is 0 Å². The summed E-state index contributed by atoms with van der Waals surface area (Å²) in [7, 11) is 8.21. The van der Waals surface area contributed by atoms with Crippen LogP contribution in [0, 0.1) is 5.92 Å². The van der Waals surface area contributed by atoms with Gasteiger partial charge in [0, 0.05) is 76.8 Å². The van der Waals surface area contributed by atoms with Gasteiger partial charge in [0.25, 0.3) is 0 Å². The fourth-order valence-electron chi connectivity index (χ4n) is 3.23. The van der Waals surface area contributed by atoms with E-state index >= 15 is 0 Å². The molecule has 0 aromatic carbocycles. The van der Waals surface area contributed by atoms with Crippen LogP contribution in [0.2, 0.25) is 0 Å². The highest BCUT2D eigenvalue weighted by molar-refractivity contribution is 14.0. The lowest BCUT2D eigenvalue weighted by atomic mass is 10.1. The molecule has 1 aliphatic rings. The van der Waals surface area contributed by atoms with Crippen LogP contribution in [0.4, 0.5) is 0 Å². The van der Waals surface area contributed by atoms with Gasteiger partial charge in [0.05, 0.1) is 6.54 Å². The van der Waals surface area contributed by atoms with E-state index in [4.69, 9.17) is 0 Å². The van der Waals surface area contributed by atoms with Gasteiger partial charge < -0.3 is 24.6 Å². The fraction of sp³-hybridized carbons (Fsp3) is 0.722. The largest absolute Gasteiger partial charge is 0.356 e. The van der Waals surface area contributed by atoms with E-state index in [1.54, 1.807) is 0 Å². The van der Waals surface area contributed by atoms with Crippen molar-refractivity contribution in [1.82, 2.24) is 24.6 Å². The first-order valence-corrected chi connectivity index (χ1v) is 9.81. The number of piperazine rings is 1. The van der Waals surface area contributed by atoms with Gasteiger partial charge in [0.1, 0.15) is 0 Å². The summed E-state index contributed by atoms with van der Waals surface area (Å²) in [5.74, 6) is 1.54. The molecule has 1 saturated heterocycles. The monoisotopic (exact) mass is 540 g/mol. The summed E-state index contributed by atoms with van der Waals surface area (Å²) in [6, 6.07) is 2.15. The Morgan fingerprint density at radius 2 is 1.96 bits per heavy atom. The van der Waals surface area contributed by atoms with E-state index in [0.29, 0.717) is 5.92 Å². The predicted octanol–water partition coefficient (Wildman–Crippen LogP) is 2.30. The third-order valence-corrected chi connectivity index (χ3v) is 5.26. The molecular formula is C18H34BrIN6. The van der Waals surface area contributed by atoms with E-state index in [1.165, 1.54) is 31.9 Å². The van der Waals surface area contributed by atoms with Gasteiger partial charge in [-0.3, -0.25) is 4.99 Å². The molecule has 2 heterocycles. The molecule has 150 valence electrons. The highest BCUT2D eigenvalue weighted by Crippen LogP contribution is 2.15. The maximum absolute atomic E-state index is 4.44. The second kappa shape index (κ2) is 11.5. The summed E-state index contributed by atoms with van der Waals surface area (Å²) in [5.41, 5.74) is 1.25. The van der Waals surface area contributed by atoms with Gasteiger partial charge in [-0.25, -0.2) is 0 Å². The van der Waals surface area contributed by atoms with Gasteiger partial charge in [-0.1, -0.05) is 6.92 Å². The molecule has 6 nitrogen and oxygen atoms in total. The lowest BCUT2D eigenvalue weighted by molar-refractivity contribution is 0.139. The van der Waals surface area contributed by atoms with Gasteiger partial charge in [-0.05, 0) is 35.0 Å². The minimum Gasteiger partial charge on any atom is -0.356 e. The zero-order valence-electron chi connectivity index (χ0n) is 16.7. The lowest BCUT2D eigenvalue weighted by Crippen LogP contribution is -2.47. The maximum atomic E-state index is 4.44. The molecule has 1 aromatic rings. The summed E-state index contributed by atoms with van der Waals surface area (Å²) in [4.78, 5) is 11.6. The number of aromatic nitrogens is 1. The van der Waals surface area contributed by atoms with Crippen molar-refractivity contribution in [3.05, 3.63) is 22.4 Å². The maximum Gasteiger partial charge on any atom is 0.193 e. The van der Waals surface area contributed by atoms with Crippen LogP contribution in [-0.4, -0.2) is 85.6 Å². The molecule has 1 aliphatic heterocycles. The number of likely N-dealkylation sites (N-methyl/N-ethyl adjacent to an activating group) is 1. The third-order valence-electron chi connectivity index (χ3n) is 4.82. The van der Waals surface area contributed by atoms with Crippen molar-refractivity contribution in [2.75, 3.05) is 60.4 Å². The second-order valence-electron chi connectivity index (χ2n) is 7.25. The third kappa shape index (κ3) is 7.36. The zero-order chi connectivity index (χ0) is 18.4. The van der Waals surface area contributed by atoms with Crippen LogP contribution in [0.5, 0.6) is 0 Å². The van der Waals surface area contributed by atoms with Crippen molar-refractivity contribution in [1.29, 1.82) is 0 Å². The standard InChI is InChI=1S/C18H33BrN6.HI/c1-15(12-25-8-6-22(3)7-9-25)11-21-18(20-2)24(5)14-17-10-16(19)13-23(17)4;/h10,13,15H,6-9,11-12,14H2,1-5H3,(H,20,21);1H. The van der Waals surface area contributed by atoms with Crippen molar-refractivity contribution in [2.24, 2.45) is 18.0 Å². The molecule has 1 aromatic heterocycles. The summed E-state index contributed by atoms with van der Waals surface area (Å²) >= 11 is 3.53. The number of rotatable bonds is 6. The van der Waals surface area contributed by atoms with Crippen molar-refractivity contribution in [3.8, 4) is 0 Å². The first kappa shape index (κ1) is 23.7. The first-order chi connectivity index (χ1) is 11.9. The average Bonchev–Trinajstić information content (AvgIpc) is 2.87. The molecule has 8 heteroatoms. The van der Waals surface area contributed by atoms with Crippen LogP contribution < -0.4 is 5.32 Å². The van der Waals surface area contributed by atoms with Crippen LogP contribution >= 0.6 is 39.9 Å². The second-order valence-corrected chi connectivity index (χ2v) is 8.17. The number of hydrogen-bond acceptors (Lipinski definition) is 3. The Morgan fingerprint density at radius 1 is 1.31 bits per heavy atom. The van der Waals surface area contributed by atoms with E-state index in [0.717, 1.165) is 30.1 Å². The molecule has 2 rings (SSSR count).